The summed E-state index contributed by atoms with van der Waals surface area (Å²) < 4.78 is 5.29. The van der Waals surface area contributed by atoms with Gasteiger partial charge in [-0.2, -0.15) is 0 Å². The van der Waals surface area contributed by atoms with E-state index in [1.807, 2.05) is 0 Å². The zero-order valence-electron chi connectivity index (χ0n) is 7.83. The molecule has 0 saturated carbocycles. The molecule has 1 fully saturated rings. The van der Waals surface area contributed by atoms with E-state index in [-0.39, 0.29) is 0 Å². The SMILES string of the molecule is C#CCS[C@@H]1OC(C)[C@H](O)C(O)C1O. The van der Waals surface area contributed by atoms with Crippen molar-refractivity contribution in [3.63, 3.8) is 0 Å². The quantitative estimate of drug-likeness (QED) is 0.528. The summed E-state index contributed by atoms with van der Waals surface area (Å²) in [7, 11) is 0. The van der Waals surface area contributed by atoms with E-state index in [0.29, 0.717) is 5.75 Å². The van der Waals surface area contributed by atoms with E-state index in [1.54, 1.807) is 6.92 Å². The lowest BCUT2D eigenvalue weighted by Gasteiger charge is -2.38. The Labute approximate surface area is 87.3 Å². The van der Waals surface area contributed by atoms with E-state index in [1.165, 1.54) is 11.8 Å². The summed E-state index contributed by atoms with van der Waals surface area (Å²) in [5.41, 5.74) is -0.570. The number of hydrogen-bond donors (Lipinski definition) is 3. The van der Waals surface area contributed by atoms with Crippen molar-refractivity contribution in [2.45, 2.75) is 36.8 Å². The van der Waals surface area contributed by atoms with Crippen LogP contribution in [-0.4, -0.2) is 50.9 Å². The fourth-order valence-electron chi connectivity index (χ4n) is 1.28. The van der Waals surface area contributed by atoms with Crippen LogP contribution in [0.25, 0.3) is 0 Å². The molecule has 1 rings (SSSR count). The van der Waals surface area contributed by atoms with Crippen LogP contribution in [0.5, 0.6) is 0 Å². The van der Waals surface area contributed by atoms with Crippen LogP contribution < -0.4 is 0 Å². The first kappa shape index (κ1) is 11.8. The molecule has 5 heteroatoms. The van der Waals surface area contributed by atoms with Crippen LogP contribution >= 0.6 is 11.8 Å². The van der Waals surface area contributed by atoms with Gasteiger partial charge in [0.25, 0.3) is 0 Å². The van der Waals surface area contributed by atoms with Crippen molar-refractivity contribution in [3.05, 3.63) is 0 Å². The van der Waals surface area contributed by atoms with Gasteiger partial charge in [0.15, 0.2) is 0 Å². The molecule has 0 bridgehead atoms. The number of aliphatic hydroxyl groups is 3. The molecule has 1 aliphatic rings. The normalized spacial score (nSPS) is 43.2. The number of rotatable bonds is 2. The highest BCUT2D eigenvalue weighted by Crippen LogP contribution is 2.27. The highest BCUT2D eigenvalue weighted by molar-refractivity contribution is 8.00. The Morgan fingerprint density at radius 1 is 1.29 bits per heavy atom. The second-order valence-electron chi connectivity index (χ2n) is 3.20. The second kappa shape index (κ2) is 5.01. The minimum Gasteiger partial charge on any atom is -0.388 e. The fourth-order valence-corrected chi connectivity index (χ4v) is 2.15. The maximum atomic E-state index is 9.53. The van der Waals surface area contributed by atoms with Crippen LogP contribution in [0.3, 0.4) is 0 Å². The lowest BCUT2D eigenvalue weighted by Crippen LogP contribution is -2.55. The van der Waals surface area contributed by atoms with Gasteiger partial charge in [-0.15, -0.1) is 18.2 Å². The largest absolute Gasteiger partial charge is 0.388 e. The van der Waals surface area contributed by atoms with E-state index in [0.717, 1.165) is 0 Å². The predicted molar refractivity (Wildman–Crippen MR) is 53.6 cm³/mol. The Morgan fingerprint density at radius 3 is 2.50 bits per heavy atom. The van der Waals surface area contributed by atoms with Crippen LogP contribution in [0.15, 0.2) is 0 Å². The Morgan fingerprint density at radius 2 is 1.93 bits per heavy atom. The molecule has 3 N–H and O–H groups in total. The number of aliphatic hydroxyl groups excluding tert-OH is 3. The number of thioether (sulfide) groups is 1. The summed E-state index contributed by atoms with van der Waals surface area (Å²) in [6.45, 7) is 1.64. The van der Waals surface area contributed by atoms with Crippen molar-refractivity contribution in [1.29, 1.82) is 0 Å². The maximum absolute atomic E-state index is 9.53. The van der Waals surface area contributed by atoms with Gasteiger partial charge in [-0.25, -0.2) is 0 Å². The van der Waals surface area contributed by atoms with Crippen LogP contribution in [0.1, 0.15) is 6.92 Å². The molecule has 5 atom stereocenters. The lowest BCUT2D eigenvalue weighted by atomic mass is 10.0. The molecule has 0 amide bonds. The third-order valence-electron chi connectivity index (χ3n) is 2.14. The Bertz CT molecular complexity index is 227. The number of ether oxygens (including phenoxy) is 1. The zero-order valence-corrected chi connectivity index (χ0v) is 8.65. The van der Waals surface area contributed by atoms with E-state index in [9.17, 15) is 15.3 Å². The van der Waals surface area contributed by atoms with Gasteiger partial charge in [-0.05, 0) is 6.92 Å². The van der Waals surface area contributed by atoms with Crippen molar-refractivity contribution in [2.24, 2.45) is 0 Å². The Kier molecular flexibility index (Phi) is 4.23. The number of terminal acetylenes is 1. The van der Waals surface area contributed by atoms with Crippen LogP contribution in [0.2, 0.25) is 0 Å². The van der Waals surface area contributed by atoms with Gasteiger partial charge >= 0.3 is 0 Å². The predicted octanol–water partition coefficient (Wildman–Crippen LogP) is -0.820. The Balaban J connectivity index is 2.57. The average Bonchev–Trinajstić information content (AvgIpc) is 2.18. The van der Waals surface area contributed by atoms with Gasteiger partial charge in [0.2, 0.25) is 0 Å². The molecule has 1 heterocycles. The third kappa shape index (κ3) is 2.41. The van der Waals surface area contributed by atoms with E-state index < -0.39 is 29.9 Å². The van der Waals surface area contributed by atoms with E-state index in [2.05, 4.69) is 5.92 Å². The zero-order chi connectivity index (χ0) is 10.7. The molecule has 80 valence electrons. The summed E-state index contributed by atoms with van der Waals surface area (Å²) in [5, 5.41) is 28.3. The van der Waals surface area contributed by atoms with Crippen molar-refractivity contribution in [2.75, 3.05) is 5.75 Å². The molecule has 3 unspecified atom stereocenters. The van der Waals surface area contributed by atoms with Gasteiger partial charge in [-0.1, -0.05) is 5.92 Å². The minimum absolute atomic E-state index is 0.400. The molecule has 0 radical (unpaired) electrons. The molecule has 4 nitrogen and oxygen atoms in total. The minimum atomic E-state index is -1.17. The second-order valence-corrected chi connectivity index (χ2v) is 4.28. The molecule has 14 heavy (non-hydrogen) atoms. The van der Waals surface area contributed by atoms with Crippen molar-refractivity contribution >= 4 is 11.8 Å². The summed E-state index contributed by atoms with van der Waals surface area (Å²) in [4.78, 5) is 0. The summed E-state index contributed by atoms with van der Waals surface area (Å²) in [6, 6.07) is 0. The smallest absolute Gasteiger partial charge is 0.133 e. The maximum Gasteiger partial charge on any atom is 0.133 e. The van der Waals surface area contributed by atoms with Gasteiger partial charge in [-0.3, -0.25) is 0 Å². The van der Waals surface area contributed by atoms with Gasteiger partial charge in [0.1, 0.15) is 23.7 Å². The topological polar surface area (TPSA) is 69.9 Å². The summed E-state index contributed by atoms with van der Waals surface area (Å²) in [5.74, 6) is 2.80. The molecule has 0 aliphatic carbocycles. The summed E-state index contributed by atoms with van der Waals surface area (Å²) in [6.07, 6.45) is 1.25. The Hall–Kier alpha value is -0.250. The van der Waals surface area contributed by atoms with Crippen LogP contribution in [0.4, 0.5) is 0 Å². The average molecular weight is 218 g/mol. The monoisotopic (exact) mass is 218 g/mol. The van der Waals surface area contributed by atoms with Gasteiger partial charge < -0.3 is 20.1 Å². The molecular weight excluding hydrogens is 204 g/mol. The fraction of sp³-hybridized carbons (Fsp3) is 0.778. The van der Waals surface area contributed by atoms with E-state index >= 15 is 0 Å². The third-order valence-corrected chi connectivity index (χ3v) is 3.19. The molecule has 0 aromatic heterocycles. The van der Waals surface area contributed by atoms with Crippen LogP contribution in [-0.2, 0) is 4.74 Å². The van der Waals surface area contributed by atoms with Gasteiger partial charge in [0, 0.05) is 0 Å². The highest BCUT2D eigenvalue weighted by Gasteiger charge is 2.41. The number of hydrogen-bond acceptors (Lipinski definition) is 5. The van der Waals surface area contributed by atoms with Crippen molar-refractivity contribution in [1.82, 2.24) is 0 Å². The molecule has 1 aliphatic heterocycles. The molecule has 1 saturated heterocycles. The van der Waals surface area contributed by atoms with Crippen molar-refractivity contribution in [3.8, 4) is 12.3 Å². The molecule has 0 aromatic carbocycles. The van der Waals surface area contributed by atoms with Gasteiger partial charge in [0.05, 0.1) is 11.9 Å². The first-order valence-corrected chi connectivity index (χ1v) is 5.37. The molecular formula is C9H14O4S. The summed E-state index contributed by atoms with van der Waals surface area (Å²) >= 11 is 1.24. The van der Waals surface area contributed by atoms with Crippen molar-refractivity contribution < 1.29 is 20.1 Å². The van der Waals surface area contributed by atoms with Crippen LogP contribution in [0, 0.1) is 12.3 Å². The molecule has 0 spiro atoms. The highest BCUT2D eigenvalue weighted by atomic mass is 32.2. The first-order valence-electron chi connectivity index (χ1n) is 4.32. The first-order chi connectivity index (χ1) is 6.57. The van der Waals surface area contributed by atoms with E-state index in [4.69, 9.17) is 11.2 Å². The standard InChI is InChI=1S/C9H14O4S/c1-3-4-14-9-8(12)7(11)6(10)5(2)13-9/h1,5-12H,4H2,2H3/t5?,6-,7?,8?,9-/m0/s1. The lowest BCUT2D eigenvalue weighted by molar-refractivity contribution is -0.192. The molecule has 0 aromatic rings.